The predicted molar refractivity (Wildman–Crippen MR) is 130 cm³/mol. The molecule has 2 aromatic rings. The minimum absolute atomic E-state index is 0.371. The molecule has 2 aromatic carbocycles. The van der Waals surface area contributed by atoms with Crippen LogP contribution >= 0.6 is 0 Å². The van der Waals surface area contributed by atoms with Crippen LogP contribution in [0, 0.1) is 17.8 Å². The lowest BCUT2D eigenvalue weighted by Crippen LogP contribution is -2.25. The van der Waals surface area contributed by atoms with Crippen molar-refractivity contribution in [3.8, 4) is 0 Å². The third-order valence-corrected chi connectivity index (χ3v) is 8.36. The molecule has 0 aliphatic heterocycles. The Morgan fingerprint density at radius 1 is 0.645 bits per heavy atom. The topological polar surface area (TPSA) is 0 Å². The average Bonchev–Trinajstić information content (AvgIpc) is 2.84. The Morgan fingerprint density at radius 3 is 1.65 bits per heavy atom. The van der Waals surface area contributed by atoms with Crippen LogP contribution in [0.5, 0.6) is 0 Å². The van der Waals surface area contributed by atoms with Crippen molar-refractivity contribution in [2.45, 2.75) is 96.6 Å². The van der Waals surface area contributed by atoms with Crippen molar-refractivity contribution in [2.24, 2.45) is 17.8 Å². The number of hydrogen-bond donors (Lipinski definition) is 0. The van der Waals surface area contributed by atoms with Gasteiger partial charge in [-0.2, -0.15) is 0 Å². The Balaban J connectivity index is 1.22. The highest BCUT2D eigenvalue weighted by atomic mass is 19.1. The van der Waals surface area contributed by atoms with Crippen molar-refractivity contribution in [1.82, 2.24) is 0 Å². The molecule has 0 N–H and O–H groups in total. The van der Waals surface area contributed by atoms with Gasteiger partial charge in [0.05, 0.1) is 0 Å². The highest BCUT2D eigenvalue weighted by Crippen LogP contribution is 2.44. The van der Waals surface area contributed by atoms with Crippen molar-refractivity contribution >= 4 is 0 Å². The van der Waals surface area contributed by atoms with Crippen molar-refractivity contribution in [3.63, 3.8) is 0 Å². The third kappa shape index (κ3) is 6.21. The van der Waals surface area contributed by atoms with Crippen LogP contribution in [0.2, 0.25) is 0 Å². The molecule has 0 nitrogen and oxygen atoms in total. The molecule has 1 heteroatoms. The number of aryl methyl sites for hydroxylation is 2. The summed E-state index contributed by atoms with van der Waals surface area (Å²) in [6.07, 6.45) is 16.6. The number of alkyl halides is 1. The van der Waals surface area contributed by atoms with Gasteiger partial charge in [-0.1, -0.05) is 81.1 Å². The van der Waals surface area contributed by atoms with Crippen molar-refractivity contribution in [3.05, 3.63) is 70.8 Å². The normalized spacial score (nSPS) is 26.6. The van der Waals surface area contributed by atoms with Gasteiger partial charge in [0.15, 0.2) is 0 Å². The Hall–Kier alpha value is -1.63. The first-order valence-electron chi connectivity index (χ1n) is 13.0. The van der Waals surface area contributed by atoms with Crippen LogP contribution in [0.4, 0.5) is 4.39 Å². The van der Waals surface area contributed by atoms with Crippen LogP contribution in [0.15, 0.2) is 48.5 Å². The van der Waals surface area contributed by atoms with Crippen LogP contribution in [0.3, 0.4) is 0 Å². The molecule has 2 fully saturated rings. The van der Waals surface area contributed by atoms with Gasteiger partial charge in [-0.05, 0) is 97.3 Å². The Bertz CT molecular complexity index is 759. The molecule has 0 atom stereocenters. The average molecular weight is 421 g/mol. The van der Waals surface area contributed by atoms with E-state index in [0.29, 0.717) is 0 Å². The molecular weight excluding hydrogens is 379 g/mol. The smallest absolute Gasteiger partial charge is 0.115 e. The molecule has 2 saturated carbocycles. The van der Waals surface area contributed by atoms with Gasteiger partial charge in [0.2, 0.25) is 0 Å². The van der Waals surface area contributed by atoms with E-state index in [0.717, 1.165) is 42.1 Å². The lowest BCUT2D eigenvalue weighted by atomic mass is 9.68. The molecule has 0 spiro atoms. The largest absolute Gasteiger partial charge is 0.246 e. The van der Waals surface area contributed by atoms with E-state index in [1.807, 2.05) is 12.1 Å². The van der Waals surface area contributed by atoms with Crippen molar-refractivity contribution < 1.29 is 4.39 Å². The monoisotopic (exact) mass is 420 g/mol. The standard InChI is InChI=1S/C30H41F/c1-2-3-23-10-14-27(15-11-23)29-18-20-30(21-19-29)28-16-12-25(13-17-28)5-4-24-6-8-26(22-31)9-7-24/h6-9,12-13,16-17,23,27,29-30H,2-5,10-11,14-15,18-22H2,1H3/t23-,27-,29?,30?. The van der Waals surface area contributed by atoms with Crippen LogP contribution in [0.25, 0.3) is 0 Å². The molecule has 0 heterocycles. The third-order valence-electron chi connectivity index (χ3n) is 8.36. The first-order valence-corrected chi connectivity index (χ1v) is 13.0. The summed E-state index contributed by atoms with van der Waals surface area (Å²) in [7, 11) is 0. The fourth-order valence-electron chi connectivity index (χ4n) is 6.32. The number of halogens is 1. The highest BCUT2D eigenvalue weighted by Gasteiger charge is 2.31. The van der Waals surface area contributed by atoms with E-state index in [2.05, 4.69) is 43.3 Å². The molecule has 2 aliphatic carbocycles. The first kappa shape index (κ1) is 22.6. The second-order valence-electron chi connectivity index (χ2n) is 10.4. The second-order valence-corrected chi connectivity index (χ2v) is 10.4. The first-order chi connectivity index (χ1) is 15.2. The maximum atomic E-state index is 12.7. The molecule has 2 aliphatic rings. The van der Waals surface area contributed by atoms with Crippen LogP contribution in [0.1, 0.15) is 99.3 Å². The van der Waals surface area contributed by atoms with Crippen LogP contribution < -0.4 is 0 Å². The van der Waals surface area contributed by atoms with Gasteiger partial charge in [-0.15, -0.1) is 0 Å². The summed E-state index contributed by atoms with van der Waals surface area (Å²) in [6.45, 7) is 1.97. The number of rotatable bonds is 8. The summed E-state index contributed by atoms with van der Waals surface area (Å²) < 4.78 is 12.7. The lowest BCUT2D eigenvalue weighted by Gasteiger charge is -2.38. The lowest BCUT2D eigenvalue weighted by molar-refractivity contribution is 0.156. The predicted octanol–water partition coefficient (Wildman–Crippen LogP) is 8.82. The molecule has 168 valence electrons. The van der Waals surface area contributed by atoms with E-state index in [1.165, 1.54) is 75.3 Å². The maximum absolute atomic E-state index is 12.7. The Kier molecular flexibility index (Phi) is 8.22. The number of hydrogen-bond acceptors (Lipinski definition) is 0. The Labute approximate surface area is 189 Å². The second kappa shape index (κ2) is 11.3. The van der Waals surface area contributed by atoms with Gasteiger partial charge in [0, 0.05) is 0 Å². The minimum Gasteiger partial charge on any atom is -0.246 e. The molecule has 0 radical (unpaired) electrons. The maximum Gasteiger partial charge on any atom is 0.115 e. The summed E-state index contributed by atoms with van der Waals surface area (Å²) in [4.78, 5) is 0. The van der Waals surface area contributed by atoms with Crippen LogP contribution in [-0.2, 0) is 19.5 Å². The van der Waals surface area contributed by atoms with E-state index in [4.69, 9.17) is 0 Å². The van der Waals surface area contributed by atoms with Gasteiger partial charge in [-0.3, -0.25) is 0 Å². The fraction of sp³-hybridized carbons (Fsp3) is 0.600. The van der Waals surface area contributed by atoms with Gasteiger partial charge in [-0.25, -0.2) is 4.39 Å². The summed E-state index contributed by atoms with van der Waals surface area (Å²) in [5.74, 6) is 3.83. The summed E-state index contributed by atoms with van der Waals surface area (Å²) in [5, 5.41) is 0. The minimum atomic E-state index is -0.371. The zero-order chi connectivity index (χ0) is 21.5. The Morgan fingerprint density at radius 2 is 1.13 bits per heavy atom. The molecule has 0 amide bonds. The van der Waals surface area contributed by atoms with Gasteiger partial charge in [0.1, 0.15) is 6.67 Å². The van der Waals surface area contributed by atoms with Gasteiger partial charge in [0.25, 0.3) is 0 Å². The molecular formula is C30H41F. The molecule has 0 unspecified atom stereocenters. The van der Waals surface area contributed by atoms with Gasteiger partial charge < -0.3 is 0 Å². The highest BCUT2D eigenvalue weighted by molar-refractivity contribution is 5.28. The van der Waals surface area contributed by atoms with E-state index in [9.17, 15) is 4.39 Å². The number of benzene rings is 2. The van der Waals surface area contributed by atoms with Gasteiger partial charge >= 0.3 is 0 Å². The van der Waals surface area contributed by atoms with E-state index in [-0.39, 0.29) is 6.67 Å². The fourth-order valence-corrected chi connectivity index (χ4v) is 6.32. The summed E-state index contributed by atoms with van der Waals surface area (Å²) in [6, 6.07) is 17.4. The van der Waals surface area contributed by atoms with E-state index >= 15 is 0 Å². The quantitative estimate of drug-likeness (QED) is 0.400. The molecule has 4 rings (SSSR count). The van der Waals surface area contributed by atoms with E-state index < -0.39 is 0 Å². The zero-order valence-corrected chi connectivity index (χ0v) is 19.5. The van der Waals surface area contributed by atoms with Crippen LogP contribution in [-0.4, -0.2) is 0 Å². The van der Waals surface area contributed by atoms with E-state index in [1.54, 1.807) is 5.56 Å². The van der Waals surface area contributed by atoms with Crippen molar-refractivity contribution in [2.75, 3.05) is 0 Å². The summed E-state index contributed by atoms with van der Waals surface area (Å²) >= 11 is 0. The molecule has 0 bridgehead atoms. The molecule has 0 saturated heterocycles. The SMILES string of the molecule is CCC[C@H]1CC[C@H](C2CCC(c3ccc(CCc4ccc(CF)cc4)cc3)CC2)CC1. The zero-order valence-electron chi connectivity index (χ0n) is 19.5. The molecule has 31 heavy (non-hydrogen) atoms. The summed E-state index contributed by atoms with van der Waals surface area (Å²) in [5.41, 5.74) is 5.03. The van der Waals surface area contributed by atoms with Crippen molar-refractivity contribution in [1.29, 1.82) is 0 Å². The molecule has 0 aromatic heterocycles.